The Hall–Kier alpha value is -2.31. The molecule has 1 aromatic carbocycles. The molecule has 2 amide bonds. The number of nitrogens with two attached hydrogens (primary N) is 1. The van der Waals surface area contributed by atoms with Gasteiger partial charge in [0.25, 0.3) is 0 Å². The number of carbonyl (C=O) groups is 2. The van der Waals surface area contributed by atoms with Crippen LogP contribution >= 0.6 is 0 Å². The highest BCUT2D eigenvalue weighted by molar-refractivity contribution is 5.87. The number of alkyl halides is 3. The number of benzene rings is 1. The normalized spacial score (nSPS) is 12.5. The number of allylic oxidation sites excluding steroid dienone is 1. The van der Waals surface area contributed by atoms with Crippen molar-refractivity contribution in [3.05, 3.63) is 48.0 Å². The lowest BCUT2D eigenvalue weighted by Crippen LogP contribution is -2.44. The summed E-state index contributed by atoms with van der Waals surface area (Å²) < 4.78 is 37.3. The van der Waals surface area contributed by atoms with Crippen molar-refractivity contribution in [3.63, 3.8) is 0 Å². The van der Waals surface area contributed by atoms with Crippen LogP contribution in [0.15, 0.2) is 36.9 Å². The molecule has 22 heavy (non-hydrogen) atoms. The van der Waals surface area contributed by atoms with Crippen LogP contribution in [0.5, 0.6) is 0 Å². The van der Waals surface area contributed by atoms with Gasteiger partial charge in [-0.3, -0.25) is 9.59 Å². The second kappa shape index (κ2) is 7.63. The van der Waals surface area contributed by atoms with Crippen LogP contribution < -0.4 is 11.1 Å². The molecule has 0 radical (unpaired) electrons. The Morgan fingerprint density at radius 1 is 1.27 bits per heavy atom. The Kier molecular flexibility index (Phi) is 6.15. The van der Waals surface area contributed by atoms with Crippen molar-refractivity contribution in [1.82, 2.24) is 5.32 Å². The molecule has 7 heteroatoms. The predicted molar refractivity (Wildman–Crippen MR) is 75.7 cm³/mol. The molecule has 0 aliphatic carbocycles. The number of carbonyl (C=O) groups excluding carboxylic acids is 2. The Morgan fingerprint density at radius 3 is 2.32 bits per heavy atom. The van der Waals surface area contributed by atoms with Gasteiger partial charge in [0.1, 0.15) is 6.04 Å². The molecule has 0 bridgehead atoms. The van der Waals surface area contributed by atoms with E-state index in [1.54, 1.807) is 6.08 Å². The monoisotopic (exact) mass is 314 g/mol. The highest BCUT2D eigenvalue weighted by Gasteiger charge is 2.30. The maximum absolute atomic E-state index is 12.4. The van der Waals surface area contributed by atoms with E-state index in [0.29, 0.717) is 18.4 Å². The second-order valence-electron chi connectivity index (χ2n) is 4.76. The Bertz CT molecular complexity index is 539. The van der Waals surface area contributed by atoms with Gasteiger partial charge in [-0.1, -0.05) is 18.2 Å². The lowest BCUT2D eigenvalue weighted by molar-refractivity contribution is -0.137. The summed E-state index contributed by atoms with van der Waals surface area (Å²) in [4.78, 5) is 23.0. The van der Waals surface area contributed by atoms with E-state index in [4.69, 9.17) is 5.73 Å². The zero-order valence-electron chi connectivity index (χ0n) is 11.8. The number of amides is 2. The highest BCUT2D eigenvalue weighted by Crippen LogP contribution is 2.29. The van der Waals surface area contributed by atoms with Crippen molar-refractivity contribution < 1.29 is 22.8 Å². The molecular weight excluding hydrogens is 297 g/mol. The standard InChI is InChI=1S/C15H17F3N2O2/c1-2-3-4-12(14(19)22)20-13(21)9-10-5-7-11(8-6-10)15(16,17)18/h2,5-8,12H,1,3-4,9H2,(H2,19,22)(H,20,21)/t12-/m1/s1. The van der Waals surface area contributed by atoms with Gasteiger partial charge in [0.2, 0.25) is 11.8 Å². The SMILES string of the molecule is C=CCC[C@@H](NC(=O)Cc1ccc(C(F)(F)F)cc1)C(N)=O. The number of hydrogen-bond acceptors (Lipinski definition) is 2. The third-order valence-corrected chi connectivity index (χ3v) is 2.98. The van der Waals surface area contributed by atoms with Gasteiger partial charge in [-0.15, -0.1) is 6.58 Å². The van der Waals surface area contributed by atoms with Gasteiger partial charge in [0.05, 0.1) is 12.0 Å². The first-order chi connectivity index (χ1) is 10.2. The van der Waals surface area contributed by atoms with Gasteiger partial charge in [-0.2, -0.15) is 13.2 Å². The van der Waals surface area contributed by atoms with Crippen LogP contribution in [-0.2, 0) is 22.2 Å². The number of halogens is 3. The summed E-state index contributed by atoms with van der Waals surface area (Å²) in [6.45, 7) is 3.51. The molecule has 1 rings (SSSR count). The molecule has 0 aliphatic rings. The van der Waals surface area contributed by atoms with Crippen molar-refractivity contribution in [3.8, 4) is 0 Å². The fourth-order valence-corrected chi connectivity index (χ4v) is 1.81. The molecule has 3 N–H and O–H groups in total. The second-order valence-corrected chi connectivity index (χ2v) is 4.76. The highest BCUT2D eigenvalue weighted by atomic mass is 19.4. The lowest BCUT2D eigenvalue weighted by atomic mass is 10.1. The van der Waals surface area contributed by atoms with Crippen molar-refractivity contribution in [2.24, 2.45) is 5.73 Å². The van der Waals surface area contributed by atoms with Crippen molar-refractivity contribution in [1.29, 1.82) is 0 Å². The molecular formula is C15H17F3N2O2. The minimum absolute atomic E-state index is 0.129. The fraction of sp³-hybridized carbons (Fsp3) is 0.333. The number of hydrogen-bond donors (Lipinski definition) is 2. The average Bonchev–Trinajstić information content (AvgIpc) is 2.42. The summed E-state index contributed by atoms with van der Waals surface area (Å²) in [7, 11) is 0. The molecule has 1 atom stereocenters. The molecule has 0 aromatic heterocycles. The summed E-state index contributed by atoms with van der Waals surface area (Å²) in [5.74, 6) is -1.14. The molecule has 0 aliphatic heterocycles. The minimum atomic E-state index is -4.41. The molecule has 0 fully saturated rings. The van der Waals surface area contributed by atoms with Crippen LogP contribution in [0.2, 0.25) is 0 Å². The smallest absolute Gasteiger partial charge is 0.368 e. The maximum Gasteiger partial charge on any atom is 0.416 e. The summed E-state index contributed by atoms with van der Waals surface area (Å²) in [6, 6.07) is 3.45. The van der Waals surface area contributed by atoms with E-state index in [2.05, 4.69) is 11.9 Å². The zero-order chi connectivity index (χ0) is 16.8. The molecule has 0 spiro atoms. The van der Waals surface area contributed by atoms with Crippen LogP contribution in [0.25, 0.3) is 0 Å². The topological polar surface area (TPSA) is 72.2 Å². The Morgan fingerprint density at radius 2 is 1.86 bits per heavy atom. The predicted octanol–water partition coefficient (Wildman–Crippen LogP) is 2.18. The maximum atomic E-state index is 12.4. The summed E-state index contributed by atoms with van der Waals surface area (Å²) in [6.07, 6.45) is -2.11. The van der Waals surface area contributed by atoms with E-state index >= 15 is 0 Å². The molecule has 0 unspecified atom stereocenters. The van der Waals surface area contributed by atoms with Gasteiger partial charge in [-0.05, 0) is 30.5 Å². The molecule has 0 saturated heterocycles. The third-order valence-electron chi connectivity index (χ3n) is 2.98. The van der Waals surface area contributed by atoms with Crippen LogP contribution in [0, 0.1) is 0 Å². The van der Waals surface area contributed by atoms with Gasteiger partial charge in [0, 0.05) is 0 Å². The van der Waals surface area contributed by atoms with Gasteiger partial charge >= 0.3 is 6.18 Å². The molecule has 4 nitrogen and oxygen atoms in total. The minimum Gasteiger partial charge on any atom is -0.368 e. The van der Waals surface area contributed by atoms with Crippen LogP contribution in [0.3, 0.4) is 0 Å². The summed E-state index contributed by atoms with van der Waals surface area (Å²) in [5.41, 5.74) is 4.81. The average molecular weight is 314 g/mol. The van der Waals surface area contributed by atoms with E-state index in [9.17, 15) is 22.8 Å². The number of rotatable bonds is 7. The van der Waals surface area contributed by atoms with Crippen LogP contribution in [0.4, 0.5) is 13.2 Å². The van der Waals surface area contributed by atoms with Crippen molar-refractivity contribution >= 4 is 11.8 Å². The first-order valence-electron chi connectivity index (χ1n) is 6.59. The Balaban J connectivity index is 2.64. The summed E-state index contributed by atoms with van der Waals surface area (Å²) >= 11 is 0. The van der Waals surface area contributed by atoms with E-state index < -0.39 is 29.6 Å². The van der Waals surface area contributed by atoms with Gasteiger partial charge < -0.3 is 11.1 Å². The van der Waals surface area contributed by atoms with E-state index in [1.807, 2.05) is 0 Å². The first-order valence-corrected chi connectivity index (χ1v) is 6.59. The quantitative estimate of drug-likeness (QED) is 0.757. The van der Waals surface area contributed by atoms with Crippen molar-refractivity contribution in [2.45, 2.75) is 31.5 Å². The largest absolute Gasteiger partial charge is 0.416 e. The first kappa shape index (κ1) is 17.7. The van der Waals surface area contributed by atoms with Gasteiger partial charge in [-0.25, -0.2) is 0 Å². The zero-order valence-corrected chi connectivity index (χ0v) is 11.8. The molecule has 0 saturated carbocycles. The third kappa shape index (κ3) is 5.59. The van der Waals surface area contributed by atoms with Crippen LogP contribution in [0.1, 0.15) is 24.0 Å². The van der Waals surface area contributed by atoms with E-state index in [-0.39, 0.29) is 6.42 Å². The van der Waals surface area contributed by atoms with Crippen molar-refractivity contribution in [2.75, 3.05) is 0 Å². The molecule has 1 aromatic rings. The Labute approximate surface area is 126 Å². The fourth-order valence-electron chi connectivity index (χ4n) is 1.81. The van der Waals surface area contributed by atoms with Gasteiger partial charge in [0.15, 0.2) is 0 Å². The summed E-state index contributed by atoms with van der Waals surface area (Å²) in [5, 5.41) is 2.46. The number of nitrogens with one attached hydrogen (secondary N) is 1. The van der Waals surface area contributed by atoms with E-state index in [1.165, 1.54) is 12.1 Å². The number of primary amides is 1. The van der Waals surface area contributed by atoms with E-state index in [0.717, 1.165) is 12.1 Å². The molecule has 120 valence electrons. The molecule has 0 heterocycles. The van der Waals surface area contributed by atoms with Crippen LogP contribution in [-0.4, -0.2) is 17.9 Å². The lowest BCUT2D eigenvalue weighted by Gasteiger charge is -2.14.